The molecule has 0 spiro atoms. The third-order valence-corrected chi connectivity index (χ3v) is 3.01. The Balaban J connectivity index is 2.93. The summed E-state index contributed by atoms with van der Waals surface area (Å²) >= 11 is 0. The minimum atomic E-state index is -0.911. The fourth-order valence-electron chi connectivity index (χ4n) is 1.48. The highest BCUT2D eigenvalue weighted by Gasteiger charge is 2.11. The molecule has 0 aliphatic carbocycles. The minimum Gasteiger partial charge on any atom is -0.478 e. The number of hydrogen-bond acceptors (Lipinski definition) is 3. The van der Waals surface area contributed by atoms with Crippen molar-refractivity contribution in [1.82, 2.24) is 4.98 Å². The summed E-state index contributed by atoms with van der Waals surface area (Å²) in [4.78, 5) is 15.5. The van der Waals surface area contributed by atoms with Crippen LogP contribution in [-0.4, -0.2) is 22.6 Å². The molecule has 0 saturated carbocycles. The molecule has 18 heavy (non-hydrogen) atoms. The summed E-state index contributed by atoms with van der Waals surface area (Å²) in [7, 11) is 0. The molecule has 4 heteroatoms. The minimum absolute atomic E-state index is 0.216. The molecule has 0 amide bonds. The summed E-state index contributed by atoms with van der Waals surface area (Å²) < 4.78 is 0. The highest BCUT2D eigenvalue weighted by molar-refractivity contribution is 5.88. The van der Waals surface area contributed by atoms with E-state index in [0.717, 1.165) is 18.7 Å². The molecule has 0 saturated heterocycles. The molecular formula is C14H22N2O2. The topological polar surface area (TPSA) is 62.2 Å². The van der Waals surface area contributed by atoms with E-state index >= 15 is 0 Å². The third kappa shape index (κ3) is 4.02. The van der Waals surface area contributed by atoms with Crippen molar-refractivity contribution < 1.29 is 9.90 Å². The maximum absolute atomic E-state index is 11.1. The molecule has 2 N–H and O–H groups in total. The second-order valence-corrected chi connectivity index (χ2v) is 5.02. The van der Waals surface area contributed by atoms with Gasteiger partial charge < -0.3 is 10.4 Å². The van der Waals surface area contributed by atoms with E-state index in [1.54, 1.807) is 12.1 Å². The van der Waals surface area contributed by atoms with Crippen LogP contribution in [0.2, 0.25) is 0 Å². The molecule has 1 rings (SSSR count). The van der Waals surface area contributed by atoms with Gasteiger partial charge in [0.25, 0.3) is 0 Å². The van der Waals surface area contributed by atoms with Crippen LogP contribution < -0.4 is 5.32 Å². The van der Waals surface area contributed by atoms with Gasteiger partial charge in [-0.3, -0.25) is 0 Å². The normalized spacial score (nSPS) is 12.5. The number of aromatic carboxylic acids is 1. The maximum atomic E-state index is 11.1. The fraction of sp³-hybridized carbons (Fsp3) is 0.571. The smallest absolute Gasteiger partial charge is 0.335 e. The first-order valence-electron chi connectivity index (χ1n) is 6.43. The SMILES string of the molecule is CCC(C)CNc1cc(C(=O)O)cc(C(C)C)n1. The number of nitrogens with one attached hydrogen (secondary N) is 1. The lowest BCUT2D eigenvalue weighted by Crippen LogP contribution is -2.13. The van der Waals surface area contributed by atoms with Gasteiger partial charge in [0.2, 0.25) is 0 Å². The average molecular weight is 250 g/mol. The zero-order valence-electron chi connectivity index (χ0n) is 11.5. The molecule has 0 bridgehead atoms. The highest BCUT2D eigenvalue weighted by atomic mass is 16.4. The van der Waals surface area contributed by atoms with Gasteiger partial charge >= 0.3 is 5.97 Å². The number of aromatic nitrogens is 1. The van der Waals surface area contributed by atoms with Gasteiger partial charge in [-0.1, -0.05) is 34.1 Å². The summed E-state index contributed by atoms with van der Waals surface area (Å²) in [6, 6.07) is 3.23. The van der Waals surface area contributed by atoms with Crippen molar-refractivity contribution in [2.45, 2.75) is 40.0 Å². The van der Waals surface area contributed by atoms with E-state index in [1.165, 1.54) is 0 Å². The summed E-state index contributed by atoms with van der Waals surface area (Å²) in [5, 5.41) is 12.3. The van der Waals surface area contributed by atoms with E-state index in [4.69, 9.17) is 5.11 Å². The molecule has 4 nitrogen and oxygen atoms in total. The van der Waals surface area contributed by atoms with Crippen molar-refractivity contribution in [3.63, 3.8) is 0 Å². The Morgan fingerprint density at radius 3 is 2.56 bits per heavy atom. The number of carboxylic acid groups (broad SMARTS) is 1. The van der Waals surface area contributed by atoms with E-state index in [-0.39, 0.29) is 5.92 Å². The number of pyridine rings is 1. The standard InChI is InChI=1S/C14H22N2O2/c1-5-10(4)8-15-13-7-11(14(17)18)6-12(16-13)9(2)3/h6-7,9-10H,5,8H2,1-4H3,(H,15,16)(H,17,18). The van der Waals surface area contributed by atoms with Gasteiger partial charge in [-0.05, 0) is 24.0 Å². The van der Waals surface area contributed by atoms with Crippen molar-refractivity contribution in [2.75, 3.05) is 11.9 Å². The number of nitrogens with zero attached hydrogens (tertiary/aromatic N) is 1. The summed E-state index contributed by atoms with van der Waals surface area (Å²) in [5.41, 5.74) is 1.10. The quantitative estimate of drug-likeness (QED) is 0.812. The number of hydrogen-bond donors (Lipinski definition) is 2. The van der Waals surface area contributed by atoms with Crippen LogP contribution in [0.4, 0.5) is 5.82 Å². The van der Waals surface area contributed by atoms with Crippen LogP contribution in [-0.2, 0) is 0 Å². The lowest BCUT2D eigenvalue weighted by molar-refractivity contribution is 0.0696. The highest BCUT2D eigenvalue weighted by Crippen LogP contribution is 2.18. The molecule has 1 aromatic rings. The predicted molar refractivity (Wildman–Crippen MR) is 73.2 cm³/mol. The Morgan fingerprint density at radius 1 is 1.39 bits per heavy atom. The second-order valence-electron chi connectivity index (χ2n) is 5.02. The van der Waals surface area contributed by atoms with E-state index < -0.39 is 5.97 Å². The molecule has 0 aromatic carbocycles. The van der Waals surface area contributed by atoms with Crippen LogP contribution in [0.15, 0.2) is 12.1 Å². The number of rotatable bonds is 6. The second kappa shape index (κ2) is 6.38. The summed E-state index contributed by atoms with van der Waals surface area (Å²) in [6.45, 7) is 9.10. The Labute approximate surface area is 108 Å². The monoisotopic (exact) mass is 250 g/mol. The van der Waals surface area contributed by atoms with E-state index in [0.29, 0.717) is 17.3 Å². The van der Waals surface area contributed by atoms with E-state index in [2.05, 4.69) is 24.1 Å². The van der Waals surface area contributed by atoms with Crippen LogP contribution in [0.5, 0.6) is 0 Å². The molecule has 0 aliphatic heterocycles. The van der Waals surface area contributed by atoms with Crippen molar-refractivity contribution >= 4 is 11.8 Å². The van der Waals surface area contributed by atoms with Gasteiger partial charge in [0.05, 0.1) is 5.56 Å². The number of anilines is 1. The third-order valence-electron chi connectivity index (χ3n) is 3.01. The molecule has 0 aliphatic rings. The van der Waals surface area contributed by atoms with Crippen molar-refractivity contribution in [1.29, 1.82) is 0 Å². The van der Waals surface area contributed by atoms with Crippen molar-refractivity contribution in [3.8, 4) is 0 Å². The van der Waals surface area contributed by atoms with Gasteiger partial charge in [-0.15, -0.1) is 0 Å². The predicted octanol–water partition coefficient (Wildman–Crippen LogP) is 3.36. The molecule has 0 fully saturated rings. The number of carboxylic acids is 1. The first kappa shape index (κ1) is 14.5. The molecule has 1 aromatic heterocycles. The first-order chi connectivity index (χ1) is 8.43. The van der Waals surface area contributed by atoms with Crippen LogP contribution in [0.1, 0.15) is 56.1 Å². The fourth-order valence-corrected chi connectivity index (χ4v) is 1.48. The van der Waals surface area contributed by atoms with Gasteiger partial charge in [0, 0.05) is 12.2 Å². The Kier molecular flexibility index (Phi) is 5.13. The molecule has 1 unspecified atom stereocenters. The number of carbonyl (C=O) groups is 1. The Morgan fingerprint density at radius 2 is 2.06 bits per heavy atom. The largest absolute Gasteiger partial charge is 0.478 e. The summed E-state index contributed by atoms with van der Waals surface area (Å²) in [6.07, 6.45) is 1.09. The van der Waals surface area contributed by atoms with Crippen LogP contribution in [0, 0.1) is 5.92 Å². The van der Waals surface area contributed by atoms with Gasteiger partial charge in [-0.2, -0.15) is 0 Å². The van der Waals surface area contributed by atoms with Crippen molar-refractivity contribution in [3.05, 3.63) is 23.4 Å². The first-order valence-corrected chi connectivity index (χ1v) is 6.43. The maximum Gasteiger partial charge on any atom is 0.335 e. The molecule has 1 heterocycles. The van der Waals surface area contributed by atoms with E-state index in [9.17, 15) is 4.79 Å². The van der Waals surface area contributed by atoms with Gasteiger partial charge in [0.15, 0.2) is 0 Å². The zero-order valence-corrected chi connectivity index (χ0v) is 11.5. The molecule has 1 atom stereocenters. The molecule has 100 valence electrons. The molecular weight excluding hydrogens is 228 g/mol. The van der Waals surface area contributed by atoms with Gasteiger partial charge in [-0.25, -0.2) is 9.78 Å². The van der Waals surface area contributed by atoms with Crippen LogP contribution >= 0.6 is 0 Å². The zero-order chi connectivity index (χ0) is 13.7. The lowest BCUT2D eigenvalue weighted by Gasteiger charge is -2.13. The molecule has 0 radical (unpaired) electrons. The average Bonchev–Trinajstić information content (AvgIpc) is 2.35. The van der Waals surface area contributed by atoms with E-state index in [1.807, 2.05) is 13.8 Å². The van der Waals surface area contributed by atoms with Crippen molar-refractivity contribution in [2.24, 2.45) is 5.92 Å². The van der Waals surface area contributed by atoms with Crippen LogP contribution in [0.3, 0.4) is 0 Å². The van der Waals surface area contributed by atoms with Gasteiger partial charge in [0.1, 0.15) is 5.82 Å². The van der Waals surface area contributed by atoms with Crippen LogP contribution in [0.25, 0.3) is 0 Å². The summed E-state index contributed by atoms with van der Waals surface area (Å²) in [5.74, 6) is 0.501. The lowest BCUT2D eigenvalue weighted by atomic mass is 10.1. The Bertz CT molecular complexity index is 416. The Hall–Kier alpha value is -1.58.